The van der Waals surface area contributed by atoms with Gasteiger partial charge in [0.15, 0.2) is 11.6 Å². The van der Waals surface area contributed by atoms with E-state index in [9.17, 15) is 19.2 Å². The molecule has 0 aliphatic carbocycles. The minimum atomic E-state index is -0.649. The molecule has 0 radical (unpaired) electrons. The minimum Gasteiger partial charge on any atom is -0.495 e. The lowest BCUT2D eigenvalue weighted by molar-refractivity contribution is 0.412. The Bertz CT molecular complexity index is 2440. The summed E-state index contributed by atoms with van der Waals surface area (Å²) >= 11 is 0. The lowest BCUT2D eigenvalue weighted by Crippen LogP contribution is -2.23. The molecule has 7 rings (SSSR count). The van der Waals surface area contributed by atoms with Gasteiger partial charge in [0, 0.05) is 10.8 Å². The van der Waals surface area contributed by atoms with Crippen LogP contribution in [-0.4, -0.2) is 35.9 Å². The van der Waals surface area contributed by atoms with Crippen LogP contribution in [0.4, 0.5) is 23.0 Å². The van der Waals surface area contributed by atoms with Gasteiger partial charge in [0.1, 0.15) is 28.3 Å². The van der Waals surface area contributed by atoms with Crippen LogP contribution in [0.3, 0.4) is 0 Å². The van der Waals surface area contributed by atoms with E-state index in [1.54, 1.807) is 72.8 Å². The lowest BCUT2D eigenvalue weighted by Gasteiger charge is -2.16. The van der Waals surface area contributed by atoms with E-state index in [0.717, 1.165) is 4.57 Å². The van der Waals surface area contributed by atoms with Gasteiger partial charge in [-0.3, -0.25) is 19.2 Å². The average molecular weight is 628 g/mol. The predicted molar refractivity (Wildman–Crippen MR) is 180 cm³/mol. The summed E-state index contributed by atoms with van der Waals surface area (Å²) in [6, 6.07) is 23.3. The molecule has 0 aliphatic rings. The Kier molecular flexibility index (Phi) is 7.09. The molecule has 0 aliphatic heterocycles. The summed E-state index contributed by atoms with van der Waals surface area (Å²) in [7, 11) is 4.47. The standard InChI is InChI=1S/C35H25N5O7/c1-45-25-13-7-4-10-22(25)36-32-33(37-23-11-5-8-14-26(23)46-2)39-29-28(38-32)30(41)18-16-20-21(17-19(18)31(29)42)35(44)40(34(20)43)24-12-6-9-15-27(24)47-3/h4-17H,1-3H3,(H,36,38)(H,37,39). The van der Waals surface area contributed by atoms with Crippen molar-refractivity contribution < 1.29 is 14.2 Å². The number of para-hydroxylation sites is 6. The van der Waals surface area contributed by atoms with Crippen molar-refractivity contribution in [2.75, 3.05) is 32.0 Å². The maximum atomic E-state index is 14.0. The molecule has 7 aromatic rings. The maximum absolute atomic E-state index is 14.0. The van der Waals surface area contributed by atoms with Crippen molar-refractivity contribution in [3.63, 3.8) is 0 Å². The molecule has 12 heteroatoms. The van der Waals surface area contributed by atoms with Crippen LogP contribution < -0.4 is 46.8 Å². The lowest BCUT2D eigenvalue weighted by atomic mass is 10.0. The van der Waals surface area contributed by atoms with Crippen molar-refractivity contribution in [3.8, 4) is 22.9 Å². The second-order valence-electron chi connectivity index (χ2n) is 10.5. The Hall–Kier alpha value is -6.56. The summed E-state index contributed by atoms with van der Waals surface area (Å²) in [6.45, 7) is 0. The fourth-order valence-corrected chi connectivity index (χ4v) is 5.63. The van der Waals surface area contributed by atoms with Crippen LogP contribution in [-0.2, 0) is 0 Å². The number of ether oxygens (including phenoxy) is 3. The zero-order chi connectivity index (χ0) is 32.8. The first kappa shape index (κ1) is 29.2. The molecule has 2 N–H and O–H groups in total. The summed E-state index contributed by atoms with van der Waals surface area (Å²) in [5, 5.41) is 6.18. The smallest absolute Gasteiger partial charge is 0.266 e. The molecule has 0 fully saturated rings. The third kappa shape index (κ3) is 4.70. The number of rotatable bonds is 8. The van der Waals surface area contributed by atoms with Crippen LogP contribution in [0, 0.1) is 0 Å². The number of nitrogens with one attached hydrogen (secondary N) is 2. The molecular weight excluding hydrogens is 602 g/mol. The number of anilines is 4. The summed E-state index contributed by atoms with van der Waals surface area (Å²) in [5.41, 5.74) is -1.70. The third-order valence-electron chi connectivity index (χ3n) is 7.89. The van der Waals surface area contributed by atoms with Crippen LogP contribution in [0.15, 0.2) is 104 Å². The summed E-state index contributed by atoms with van der Waals surface area (Å²) in [5.74, 6) is 1.56. The first-order valence-corrected chi connectivity index (χ1v) is 14.4. The monoisotopic (exact) mass is 627 g/mol. The van der Waals surface area contributed by atoms with E-state index in [-0.39, 0.29) is 49.9 Å². The molecule has 0 amide bonds. The number of hydrogen-bond donors (Lipinski definition) is 2. The topological polar surface area (TPSA) is 151 Å². The highest BCUT2D eigenvalue weighted by molar-refractivity contribution is 6.03. The minimum absolute atomic E-state index is 0.0148. The molecule has 0 saturated carbocycles. The molecule has 0 atom stereocenters. The quantitative estimate of drug-likeness (QED) is 0.228. The molecule has 47 heavy (non-hydrogen) atoms. The molecule has 0 bridgehead atoms. The van der Waals surface area contributed by atoms with Crippen LogP contribution in [0.2, 0.25) is 0 Å². The highest BCUT2D eigenvalue weighted by Crippen LogP contribution is 2.34. The Morgan fingerprint density at radius 1 is 0.532 bits per heavy atom. The average Bonchev–Trinajstić information content (AvgIpc) is 3.35. The molecule has 12 nitrogen and oxygen atoms in total. The van der Waals surface area contributed by atoms with Gasteiger partial charge in [-0.1, -0.05) is 36.4 Å². The first-order chi connectivity index (χ1) is 22.8. The van der Waals surface area contributed by atoms with Crippen LogP contribution >= 0.6 is 0 Å². The van der Waals surface area contributed by atoms with Gasteiger partial charge >= 0.3 is 0 Å². The molecular formula is C35H25N5O7. The van der Waals surface area contributed by atoms with Gasteiger partial charge in [0.25, 0.3) is 11.1 Å². The SMILES string of the molecule is COc1ccccc1Nc1nc2c(=O)c3cc4c(=O)n(-c5ccccc5OC)c(=O)c4cc3c(=O)c2nc1Nc1ccccc1OC. The Balaban J connectivity index is 1.50. The van der Waals surface area contributed by atoms with E-state index in [2.05, 4.69) is 20.6 Å². The van der Waals surface area contributed by atoms with Gasteiger partial charge in [-0.25, -0.2) is 14.5 Å². The molecule has 0 spiro atoms. The molecule has 232 valence electrons. The normalized spacial score (nSPS) is 11.2. The second kappa shape index (κ2) is 11.4. The van der Waals surface area contributed by atoms with Crippen molar-refractivity contribution in [1.82, 2.24) is 14.5 Å². The van der Waals surface area contributed by atoms with Crippen molar-refractivity contribution in [2.24, 2.45) is 0 Å². The van der Waals surface area contributed by atoms with Gasteiger partial charge in [-0.05, 0) is 48.5 Å². The first-order valence-electron chi connectivity index (χ1n) is 14.4. The van der Waals surface area contributed by atoms with Crippen molar-refractivity contribution in [3.05, 3.63) is 126 Å². The molecule has 5 aromatic carbocycles. The van der Waals surface area contributed by atoms with E-state index in [1.807, 2.05) is 0 Å². The molecule has 2 heterocycles. The van der Waals surface area contributed by atoms with E-state index < -0.39 is 22.0 Å². The Labute approximate surface area is 265 Å². The number of hydrogen-bond acceptors (Lipinski definition) is 11. The Morgan fingerprint density at radius 2 is 0.936 bits per heavy atom. The fourth-order valence-electron chi connectivity index (χ4n) is 5.63. The summed E-state index contributed by atoms with van der Waals surface area (Å²) in [6.07, 6.45) is 0. The molecule has 0 unspecified atom stereocenters. The summed E-state index contributed by atoms with van der Waals surface area (Å²) in [4.78, 5) is 64.4. The number of nitrogens with zero attached hydrogens (tertiary/aromatic N) is 3. The third-order valence-corrected chi connectivity index (χ3v) is 7.89. The van der Waals surface area contributed by atoms with Gasteiger partial charge in [-0.15, -0.1) is 0 Å². The van der Waals surface area contributed by atoms with Crippen molar-refractivity contribution in [1.29, 1.82) is 0 Å². The van der Waals surface area contributed by atoms with Gasteiger partial charge in [-0.2, -0.15) is 0 Å². The second-order valence-corrected chi connectivity index (χ2v) is 10.5. The van der Waals surface area contributed by atoms with Gasteiger partial charge in [0.05, 0.1) is 49.2 Å². The van der Waals surface area contributed by atoms with Crippen LogP contribution in [0.5, 0.6) is 17.2 Å². The predicted octanol–water partition coefficient (Wildman–Crippen LogP) is 4.56. The fraction of sp³-hybridized carbons (Fsp3) is 0.0857. The van der Waals surface area contributed by atoms with E-state index >= 15 is 0 Å². The van der Waals surface area contributed by atoms with E-state index in [0.29, 0.717) is 28.6 Å². The van der Waals surface area contributed by atoms with E-state index in [1.165, 1.54) is 33.5 Å². The number of methoxy groups -OCH3 is 3. The zero-order valence-corrected chi connectivity index (χ0v) is 25.3. The van der Waals surface area contributed by atoms with Crippen molar-refractivity contribution >= 4 is 55.6 Å². The summed E-state index contributed by atoms with van der Waals surface area (Å²) < 4.78 is 17.3. The number of fused-ring (bicyclic) bond motifs is 3. The highest BCUT2D eigenvalue weighted by atomic mass is 16.5. The van der Waals surface area contributed by atoms with Crippen LogP contribution in [0.1, 0.15) is 0 Å². The molecule has 2 aromatic heterocycles. The largest absolute Gasteiger partial charge is 0.495 e. The highest BCUT2D eigenvalue weighted by Gasteiger charge is 2.23. The Morgan fingerprint density at radius 3 is 1.38 bits per heavy atom. The molecule has 0 saturated heterocycles. The maximum Gasteiger partial charge on any atom is 0.266 e. The van der Waals surface area contributed by atoms with Gasteiger partial charge < -0.3 is 24.8 Å². The van der Waals surface area contributed by atoms with Gasteiger partial charge in [0.2, 0.25) is 10.9 Å². The zero-order valence-electron chi connectivity index (χ0n) is 25.3. The van der Waals surface area contributed by atoms with E-state index in [4.69, 9.17) is 14.2 Å². The number of benzene rings is 5. The van der Waals surface area contributed by atoms with Crippen LogP contribution in [0.25, 0.3) is 38.3 Å². The number of aromatic nitrogens is 3. The van der Waals surface area contributed by atoms with Crippen molar-refractivity contribution in [2.45, 2.75) is 0 Å².